The number of aromatic nitrogens is 2. The zero-order valence-corrected chi connectivity index (χ0v) is 9.50. The van der Waals surface area contributed by atoms with E-state index in [1.807, 2.05) is 0 Å². The third-order valence-corrected chi connectivity index (χ3v) is 2.09. The van der Waals surface area contributed by atoms with Crippen molar-refractivity contribution in [2.24, 2.45) is 0 Å². The highest BCUT2D eigenvalue weighted by atomic mass is 35.5. The highest BCUT2D eigenvalue weighted by Crippen LogP contribution is 2.12. The zero-order chi connectivity index (χ0) is 11.5. The Morgan fingerprint density at radius 3 is 2.73 bits per heavy atom. The monoisotopic (exact) mass is 229 g/mol. The number of hydrogen-bond acceptors (Lipinski definition) is 4. The highest BCUT2D eigenvalue weighted by molar-refractivity contribution is 6.29. The largest absolute Gasteiger partial charge is 0.369 e. The molecule has 0 spiro atoms. The molecule has 0 aliphatic heterocycles. The van der Waals surface area contributed by atoms with E-state index >= 15 is 0 Å². The molecule has 0 aliphatic carbocycles. The van der Waals surface area contributed by atoms with Crippen molar-refractivity contribution < 1.29 is 9.53 Å². The van der Waals surface area contributed by atoms with Crippen LogP contribution in [0.5, 0.6) is 0 Å². The molecule has 0 saturated heterocycles. The third-order valence-electron chi connectivity index (χ3n) is 1.90. The Hall–Kier alpha value is -1.20. The standard InChI is InChI=1S/C9H12ClN3O2/c1-9(2,15-3)8(14)13-7-5-11-4-6(10)12-7/h4-5H,1-3H3,(H,12,13,14). The summed E-state index contributed by atoms with van der Waals surface area (Å²) in [6.07, 6.45) is 2.80. The second-order valence-corrected chi connectivity index (χ2v) is 3.78. The van der Waals surface area contributed by atoms with Crippen LogP contribution in [0.3, 0.4) is 0 Å². The van der Waals surface area contributed by atoms with E-state index in [1.54, 1.807) is 13.8 Å². The van der Waals surface area contributed by atoms with E-state index in [2.05, 4.69) is 15.3 Å². The third kappa shape index (κ3) is 3.14. The molecule has 0 radical (unpaired) electrons. The molecule has 1 aromatic heterocycles. The molecule has 0 bridgehead atoms. The first kappa shape index (κ1) is 11.9. The first-order valence-electron chi connectivity index (χ1n) is 4.30. The van der Waals surface area contributed by atoms with Crippen LogP contribution in [0.25, 0.3) is 0 Å². The summed E-state index contributed by atoms with van der Waals surface area (Å²) in [5.74, 6) is -0.000748. The molecular weight excluding hydrogens is 218 g/mol. The smallest absolute Gasteiger partial charge is 0.257 e. The zero-order valence-electron chi connectivity index (χ0n) is 8.74. The van der Waals surface area contributed by atoms with Crippen molar-refractivity contribution in [3.8, 4) is 0 Å². The summed E-state index contributed by atoms with van der Waals surface area (Å²) >= 11 is 5.62. The lowest BCUT2D eigenvalue weighted by Gasteiger charge is -2.21. The summed E-state index contributed by atoms with van der Waals surface area (Å²) in [6, 6.07) is 0. The minimum Gasteiger partial charge on any atom is -0.369 e. The predicted molar refractivity (Wildman–Crippen MR) is 56.8 cm³/mol. The number of carbonyl (C=O) groups is 1. The number of anilines is 1. The fourth-order valence-electron chi connectivity index (χ4n) is 0.762. The molecule has 1 amide bonds. The van der Waals surface area contributed by atoms with E-state index in [0.717, 1.165) is 0 Å². The van der Waals surface area contributed by atoms with Crippen molar-refractivity contribution in [1.82, 2.24) is 9.97 Å². The van der Waals surface area contributed by atoms with Crippen LogP contribution in [0.2, 0.25) is 5.15 Å². The molecular formula is C9H12ClN3O2. The van der Waals surface area contributed by atoms with Crippen molar-refractivity contribution in [2.75, 3.05) is 12.4 Å². The van der Waals surface area contributed by atoms with Crippen molar-refractivity contribution >= 4 is 23.3 Å². The average molecular weight is 230 g/mol. The lowest BCUT2D eigenvalue weighted by Crippen LogP contribution is -2.39. The molecule has 1 aromatic rings. The molecule has 6 heteroatoms. The first-order valence-corrected chi connectivity index (χ1v) is 4.67. The molecule has 15 heavy (non-hydrogen) atoms. The molecule has 0 fully saturated rings. The number of halogens is 1. The van der Waals surface area contributed by atoms with Gasteiger partial charge >= 0.3 is 0 Å². The van der Waals surface area contributed by atoms with Crippen molar-refractivity contribution in [1.29, 1.82) is 0 Å². The molecule has 5 nitrogen and oxygen atoms in total. The number of ether oxygens (including phenoxy) is 1. The average Bonchev–Trinajstić information content (AvgIpc) is 2.17. The summed E-state index contributed by atoms with van der Waals surface area (Å²) in [5, 5.41) is 2.78. The highest BCUT2D eigenvalue weighted by Gasteiger charge is 2.27. The molecule has 0 atom stereocenters. The van der Waals surface area contributed by atoms with Gasteiger partial charge in [-0.05, 0) is 13.8 Å². The Kier molecular flexibility index (Phi) is 3.60. The van der Waals surface area contributed by atoms with Crippen LogP contribution in [0.1, 0.15) is 13.8 Å². The van der Waals surface area contributed by atoms with Gasteiger partial charge in [-0.3, -0.25) is 9.78 Å². The van der Waals surface area contributed by atoms with Crippen molar-refractivity contribution in [2.45, 2.75) is 19.4 Å². The molecule has 82 valence electrons. The minimum atomic E-state index is -0.913. The number of carbonyl (C=O) groups excluding carboxylic acids is 1. The van der Waals surface area contributed by atoms with E-state index < -0.39 is 5.60 Å². The Bertz CT molecular complexity index is 368. The van der Waals surface area contributed by atoms with Gasteiger partial charge in [-0.2, -0.15) is 0 Å². The molecule has 1 heterocycles. The molecule has 0 aromatic carbocycles. The summed E-state index contributed by atoms with van der Waals surface area (Å²) in [4.78, 5) is 19.3. The summed E-state index contributed by atoms with van der Waals surface area (Å²) in [5.41, 5.74) is -0.913. The van der Waals surface area contributed by atoms with Gasteiger partial charge in [0.05, 0.1) is 12.4 Å². The Labute approximate surface area is 92.8 Å². The van der Waals surface area contributed by atoms with Gasteiger partial charge in [-0.15, -0.1) is 0 Å². The van der Waals surface area contributed by atoms with Crippen LogP contribution in [0.4, 0.5) is 5.82 Å². The van der Waals surface area contributed by atoms with Gasteiger partial charge in [0.1, 0.15) is 10.8 Å². The van der Waals surface area contributed by atoms with Crippen LogP contribution in [-0.4, -0.2) is 28.6 Å². The summed E-state index contributed by atoms with van der Waals surface area (Å²) < 4.78 is 5.01. The molecule has 0 saturated carbocycles. The summed E-state index contributed by atoms with van der Waals surface area (Å²) in [6.45, 7) is 3.31. The Morgan fingerprint density at radius 2 is 2.20 bits per heavy atom. The number of nitrogens with one attached hydrogen (secondary N) is 1. The Morgan fingerprint density at radius 1 is 1.53 bits per heavy atom. The second-order valence-electron chi connectivity index (χ2n) is 3.40. The van der Waals surface area contributed by atoms with Gasteiger partial charge in [0.25, 0.3) is 5.91 Å². The van der Waals surface area contributed by atoms with Gasteiger partial charge < -0.3 is 10.1 Å². The van der Waals surface area contributed by atoms with E-state index in [-0.39, 0.29) is 11.1 Å². The Balaban J connectivity index is 2.75. The van der Waals surface area contributed by atoms with Gasteiger partial charge in [0, 0.05) is 7.11 Å². The van der Waals surface area contributed by atoms with Gasteiger partial charge in [-0.1, -0.05) is 11.6 Å². The lowest BCUT2D eigenvalue weighted by molar-refractivity contribution is -0.133. The van der Waals surface area contributed by atoms with E-state index in [4.69, 9.17) is 16.3 Å². The maximum atomic E-state index is 11.6. The normalized spacial score (nSPS) is 11.2. The first-order chi connectivity index (χ1) is 6.95. The SMILES string of the molecule is COC(C)(C)C(=O)Nc1cncc(Cl)n1. The van der Waals surface area contributed by atoms with Gasteiger partial charge in [0.2, 0.25) is 0 Å². The fraction of sp³-hybridized carbons (Fsp3) is 0.444. The van der Waals surface area contributed by atoms with Crippen LogP contribution in [0, 0.1) is 0 Å². The maximum Gasteiger partial charge on any atom is 0.257 e. The predicted octanol–water partition coefficient (Wildman–Crippen LogP) is 1.49. The number of hydrogen-bond donors (Lipinski definition) is 1. The second kappa shape index (κ2) is 4.55. The molecule has 1 rings (SSSR count). The molecule has 0 aliphatic rings. The van der Waals surface area contributed by atoms with Crippen LogP contribution >= 0.6 is 11.6 Å². The minimum absolute atomic E-state index is 0.225. The number of rotatable bonds is 3. The molecule has 0 unspecified atom stereocenters. The molecule has 1 N–H and O–H groups in total. The number of methoxy groups -OCH3 is 1. The lowest BCUT2D eigenvalue weighted by atomic mass is 10.1. The van der Waals surface area contributed by atoms with Crippen molar-refractivity contribution in [3.63, 3.8) is 0 Å². The summed E-state index contributed by atoms with van der Waals surface area (Å²) in [7, 11) is 1.46. The van der Waals surface area contributed by atoms with Crippen LogP contribution < -0.4 is 5.32 Å². The maximum absolute atomic E-state index is 11.6. The number of nitrogens with zero attached hydrogens (tertiary/aromatic N) is 2. The van der Waals surface area contributed by atoms with Gasteiger partial charge in [-0.25, -0.2) is 4.98 Å². The topological polar surface area (TPSA) is 64.1 Å². The quantitative estimate of drug-likeness (QED) is 0.853. The van der Waals surface area contributed by atoms with Gasteiger partial charge in [0.15, 0.2) is 5.82 Å². The van der Waals surface area contributed by atoms with E-state index in [1.165, 1.54) is 19.5 Å². The van der Waals surface area contributed by atoms with Crippen LogP contribution in [-0.2, 0) is 9.53 Å². The number of amides is 1. The van der Waals surface area contributed by atoms with E-state index in [9.17, 15) is 4.79 Å². The van der Waals surface area contributed by atoms with Crippen molar-refractivity contribution in [3.05, 3.63) is 17.5 Å². The fourth-order valence-corrected chi connectivity index (χ4v) is 0.909. The van der Waals surface area contributed by atoms with E-state index in [0.29, 0.717) is 5.82 Å². The van der Waals surface area contributed by atoms with Crippen LogP contribution in [0.15, 0.2) is 12.4 Å².